The summed E-state index contributed by atoms with van der Waals surface area (Å²) in [6, 6.07) is 0. The zero-order chi connectivity index (χ0) is 0. The van der Waals surface area contributed by atoms with E-state index in [1.807, 2.05) is 0 Å². The first-order valence-corrected chi connectivity index (χ1v) is 0. The molecule has 0 aliphatic heterocycles. The van der Waals surface area contributed by atoms with Crippen molar-refractivity contribution in [2.24, 2.45) is 0 Å². The van der Waals surface area contributed by atoms with E-state index in [0.717, 1.165) is 0 Å². The van der Waals surface area contributed by atoms with Crippen LogP contribution in [0.15, 0.2) is 0 Å². The monoisotopic (exact) mass is 518 g/mol. The van der Waals surface area contributed by atoms with Gasteiger partial charge in [0, 0.05) is 0 Å². The molecule has 0 aromatic carbocycles. The maximum Gasteiger partial charge on any atom is 3.00 e. The van der Waals surface area contributed by atoms with Crippen LogP contribution in [0.3, 0.4) is 0 Å². The Balaban J connectivity index is 0. The van der Waals surface area contributed by atoms with Crippen molar-refractivity contribution >= 4 is 51.2 Å². The van der Waals surface area contributed by atoms with Crippen molar-refractivity contribution in [1.82, 2.24) is 0 Å². The van der Waals surface area contributed by atoms with E-state index in [2.05, 4.69) is 0 Å². The fraction of sp³-hybridized carbons (Fsp3) is 0. The van der Waals surface area contributed by atoms with Gasteiger partial charge in [0.15, 0.2) is 0 Å². The molecule has 0 atom stereocenters. The Kier molecular flexibility index (Phi) is 179. The summed E-state index contributed by atoms with van der Waals surface area (Å²) < 4.78 is 0. The van der Waals surface area contributed by atoms with Gasteiger partial charge in [-0.3, -0.25) is 0 Å². The first kappa shape index (κ1) is 36.3. The molecule has 0 bridgehead atoms. The molecular weight excluding hydrogens is 515 g/mol. The molecule has 0 heterocycles. The van der Waals surface area contributed by atoms with Crippen LogP contribution in [0.5, 0.6) is 0 Å². The first-order chi connectivity index (χ1) is 0. The largest absolute Gasteiger partial charge is 3.00 e. The molecule has 0 saturated carbocycles. The van der Waals surface area contributed by atoms with Crippen molar-refractivity contribution in [2.75, 3.05) is 0 Å². The minimum Gasteiger partial charge on any atom is -2.00 e. The third-order valence-corrected chi connectivity index (χ3v) is 0. The van der Waals surface area contributed by atoms with Crippen molar-refractivity contribution in [1.29, 1.82) is 0 Å². The van der Waals surface area contributed by atoms with Crippen molar-refractivity contribution in [3.05, 3.63) is 0 Å². The Morgan fingerprint density at radius 2 is 0.400 bits per heavy atom. The zero-order valence-electron chi connectivity index (χ0n) is 2.38. The van der Waals surface area contributed by atoms with Crippen LogP contribution < -0.4 is 0 Å². The predicted octanol–water partition coefficient (Wildman–Crippen LogP) is -1.14. The molecule has 0 rings (SSSR count). The molecule has 0 unspecified atom stereocenters. The molecule has 24 valence electrons. The number of rotatable bonds is 0. The molecule has 5 heteroatoms. The Bertz CT molecular complexity index is 4.85. The Morgan fingerprint density at radius 3 is 0.400 bits per heavy atom. The van der Waals surface area contributed by atoms with Gasteiger partial charge in [0.25, 0.3) is 0 Å². The Hall–Kier alpha value is 3.95. The molecule has 0 aliphatic carbocycles. The van der Waals surface area contributed by atoms with Crippen LogP contribution in [0.2, 0.25) is 0 Å². The smallest absolute Gasteiger partial charge is 2.00 e. The summed E-state index contributed by atoms with van der Waals surface area (Å²) in [5.74, 6) is 0. The van der Waals surface area contributed by atoms with E-state index >= 15 is 0 Å². The van der Waals surface area contributed by atoms with E-state index in [9.17, 15) is 0 Å². The van der Waals surface area contributed by atoms with Gasteiger partial charge >= 0.3 is 71.2 Å². The predicted molar refractivity (Wildman–Crippen MR) is 17.3 cm³/mol. The number of hydrogen-bond donors (Lipinski definition) is 0. The summed E-state index contributed by atoms with van der Waals surface area (Å²) in [6.07, 6.45) is 0. The molecule has 0 fully saturated rings. The zero-order valence-corrected chi connectivity index (χ0v) is 14.8. The molecule has 0 N–H and O–H groups in total. The van der Waals surface area contributed by atoms with Crippen molar-refractivity contribution in [3.63, 3.8) is 0 Å². The van der Waals surface area contributed by atoms with Gasteiger partial charge in [-0.2, -0.15) is 0 Å². The average Bonchev–Trinajstić information content (AvgIpc) is 0. The number of hydrogen-bond acceptors (Lipinski definition) is 0. The van der Waals surface area contributed by atoms with Crippen molar-refractivity contribution in [3.8, 4) is 0 Å². The van der Waals surface area contributed by atoms with Gasteiger partial charge in [0.1, 0.15) is 0 Å². The normalized spacial score (nSPS) is 0. The molecule has 0 aromatic rings. The molecule has 0 nitrogen and oxygen atoms in total. The van der Waals surface area contributed by atoms with E-state index in [1.165, 1.54) is 0 Å². The second-order valence-electron chi connectivity index (χ2n) is 0. The van der Waals surface area contributed by atoms with Crippen LogP contribution in [-0.4, -0.2) is 51.2 Å². The summed E-state index contributed by atoms with van der Waals surface area (Å²) in [5.41, 5.74) is 0. The third-order valence-electron chi connectivity index (χ3n) is 0. The fourth-order valence-electron chi connectivity index (χ4n) is 0. The van der Waals surface area contributed by atoms with E-state index in [4.69, 9.17) is 0 Å². The van der Waals surface area contributed by atoms with Gasteiger partial charge in [-0.25, -0.2) is 0 Å². The molecular formula is La2Se3. The molecule has 0 saturated heterocycles. The van der Waals surface area contributed by atoms with E-state index in [0.29, 0.717) is 0 Å². The first-order valence-electron chi connectivity index (χ1n) is 0. The van der Waals surface area contributed by atoms with E-state index in [-0.39, 0.29) is 122 Å². The summed E-state index contributed by atoms with van der Waals surface area (Å²) >= 11 is 0. The minimum absolute atomic E-state index is 0. The van der Waals surface area contributed by atoms with Crippen LogP contribution in [0.25, 0.3) is 0 Å². The second kappa shape index (κ2) is 24.6. The average molecular weight is 515 g/mol. The van der Waals surface area contributed by atoms with Crippen molar-refractivity contribution in [2.45, 2.75) is 0 Å². The maximum absolute atomic E-state index is 0. The molecule has 5 heavy (non-hydrogen) atoms. The van der Waals surface area contributed by atoms with Gasteiger partial charge in [0.05, 0.1) is 0 Å². The van der Waals surface area contributed by atoms with E-state index < -0.39 is 0 Å². The van der Waals surface area contributed by atoms with Gasteiger partial charge in [0.2, 0.25) is 0 Å². The molecule has 0 amide bonds. The summed E-state index contributed by atoms with van der Waals surface area (Å²) in [4.78, 5) is 0. The van der Waals surface area contributed by atoms with Gasteiger partial charge in [-0.15, -0.1) is 0 Å². The third kappa shape index (κ3) is 18.0. The summed E-state index contributed by atoms with van der Waals surface area (Å²) in [5, 5.41) is 0. The van der Waals surface area contributed by atoms with Crippen LogP contribution in [0, 0.1) is 71.2 Å². The molecule has 0 aliphatic rings. The Labute approximate surface area is 119 Å². The maximum atomic E-state index is 0. The van der Waals surface area contributed by atoms with Gasteiger partial charge in [-0.1, -0.05) is 0 Å². The SMILES string of the molecule is [La+3].[La+3].[Se-2].[Se-2].[Se-2]. The quantitative estimate of drug-likeness (QED) is 0.359. The van der Waals surface area contributed by atoms with Crippen LogP contribution in [-0.2, 0) is 0 Å². The van der Waals surface area contributed by atoms with Gasteiger partial charge in [-0.05, 0) is 0 Å². The summed E-state index contributed by atoms with van der Waals surface area (Å²) in [6.45, 7) is 0. The van der Waals surface area contributed by atoms with Gasteiger partial charge < -0.3 is 51.2 Å². The molecule has 0 aromatic heterocycles. The second-order valence-corrected chi connectivity index (χ2v) is 0. The topological polar surface area (TPSA) is 0 Å². The molecule has 0 spiro atoms. The van der Waals surface area contributed by atoms with E-state index in [1.54, 1.807) is 0 Å². The summed E-state index contributed by atoms with van der Waals surface area (Å²) in [7, 11) is 0. The molecule has 0 radical (unpaired) electrons. The van der Waals surface area contributed by atoms with Crippen LogP contribution >= 0.6 is 0 Å². The van der Waals surface area contributed by atoms with Crippen LogP contribution in [0.1, 0.15) is 0 Å². The van der Waals surface area contributed by atoms with Crippen LogP contribution in [0.4, 0.5) is 0 Å². The fourth-order valence-corrected chi connectivity index (χ4v) is 0. The Morgan fingerprint density at radius 1 is 0.400 bits per heavy atom. The van der Waals surface area contributed by atoms with Crippen molar-refractivity contribution < 1.29 is 71.2 Å². The standard InChI is InChI=1S/2La.3Se/q2*+3;3*-2. The minimum atomic E-state index is 0.